The van der Waals surface area contributed by atoms with Crippen molar-refractivity contribution in [2.24, 2.45) is 0 Å². The molecule has 1 aliphatic heterocycles. The summed E-state index contributed by atoms with van der Waals surface area (Å²) in [6.45, 7) is 0.370. The lowest BCUT2D eigenvalue weighted by atomic mass is 10.3. The van der Waals surface area contributed by atoms with Crippen LogP contribution in [0.2, 0.25) is 0 Å². The largest absolute Gasteiger partial charge is 0.382 e. The summed E-state index contributed by atoms with van der Waals surface area (Å²) in [4.78, 5) is 11.1. The van der Waals surface area contributed by atoms with Crippen LogP contribution in [0.4, 0.5) is 5.82 Å². The minimum atomic E-state index is -1.01. The van der Waals surface area contributed by atoms with Gasteiger partial charge < -0.3 is 10.5 Å². The number of imidazole rings is 1. The predicted molar refractivity (Wildman–Crippen MR) is 67.3 cm³/mol. The van der Waals surface area contributed by atoms with E-state index >= 15 is 0 Å². The van der Waals surface area contributed by atoms with E-state index in [0.717, 1.165) is 0 Å². The molecule has 0 saturated carbocycles. The first-order valence-corrected chi connectivity index (χ1v) is 7.08. The summed E-state index contributed by atoms with van der Waals surface area (Å²) in [5, 5.41) is 0. The molecule has 2 aromatic rings. The Morgan fingerprint density at radius 3 is 2.89 bits per heavy atom. The molecule has 2 N–H and O–H groups in total. The van der Waals surface area contributed by atoms with Gasteiger partial charge in [-0.3, -0.25) is 13.7 Å². The predicted octanol–water partition coefficient (Wildman–Crippen LogP) is 1.61. The maximum absolute atomic E-state index is 11.4. The lowest BCUT2D eigenvalue weighted by Crippen LogP contribution is -2.24. The van der Waals surface area contributed by atoms with Gasteiger partial charge in [0.15, 0.2) is 39.5 Å². The average molecular weight is 297 g/mol. The molecule has 0 spiro atoms. The maximum Gasteiger partial charge on any atom is 0.179 e. The van der Waals surface area contributed by atoms with Crippen LogP contribution >= 0.6 is 16.9 Å². The van der Waals surface area contributed by atoms with Gasteiger partial charge in [-0.1, -0.05) is 0 Å². The molecule has 98 valence electrons. The Bertz CT molecular complexity index is 652. The number of rotatable bonds is 3. The van der Waals surface area contributed by atoms with E-state index < -0.39 is 11.1 Å². The molecule has 1 saturated heterocycles. The van der Waals surface area contributed by atoms with Gasteiger partial charge in [0.25, 0.3) is 0 Å². The van der Waals surface area contributed by atoms with Crippen molar-refractivity contribution >= 4 is 33.9 Å². The van der Waals surface area contributed by atoms with Crippen molar-refractivity contribution in [1.29, 1.82) is 0 Å². The Balaban J connectivity index is 2.17. The number of ether oxygens (including phenoxy) is 1. The van der Waals surface area contributed by atoms with E-state index in [0.29, 0.717) is 24.2 Å². The number of nitrogen functional groups attached to an aromatic ring is 1. The Morgan fingerprint density at radius 2 is 2.16 bits per heavy atom. The fourth-order valence-electron chi connectivity index (χ4n) is 2.12. The molecule has 3 rings (SSSR count). The first kappa shape index (κ1) is 12.5. The normalized spacial score (nSPS) is 27.5. The molecular weight excluding hydrogens is 288 g/mol. The number of hydrogen-bond acceptors (Lipinski definition) is 7. The van der Waals surface area contributed by atoms with Crippen molar-refractivity contribution in [1.82, 2.24) is 19.5 Å². The van der Waals surface area contributed by atoms with E-state index in [1.54, 1.807) is 4.57 Å². The van der Waals surface area contributed by atoms with E-state index in [1.807, 2.05) is 0 Å². The Kier molecular flexibility index (Phi) is 3.01. The second-order valence-electron chi connectivity index (χ2n) is 4.12. The van der Waals surface area contributed by atoms with Crippen LogP contribution in [0, 0.1) is 0 Å². The Morgan fingerprint density at radius 1 is 1.37 bits per heavy atom. The molecule has 3 heterocycles. The zero-order valence-electron chi connectivity index (χ0n) is 9.63. The highest BCUT2D eigenvalue weighted by Crippen LogP contribution is 2.52. The van der Waals surface area contributed by atoms with Gasteiger partial charge in [0.2, 0.25) is 0 Å². The number of fused-ring (bicyclic) bond motifs is 1. The number of hydrogen-bond donors (Lipinski definition) is 1. The lowest BCUT2D eigenvalue weighted by molar-refractivity contribution is 0.0561. The summed E-state index contributed by atoms with van der Waals surface area (Å²) in [5.41, 5.74) is 6.62. The molecule has 1 atom stereocenters. The second-order valence-corrected chi connectivity index (χ2v) is 6.43. The Labute approximate surface area is 110 Å². The van der Waals surface area contributed by atoms with Crippen molar-refractivity contribution in [3.63, 3.8) is 0 Å². The van der Waals surface area contributed by atoms with Crippen molar-refractivity contribution in [3.05, 3.63) is 12.7 Å². The van der Waals surface area contributed by atoms with Gasteiger partial charge in [-0.2, -0.15) is 0 Å². The van der Waals surface area contributed by atoms with Crippen molar-refractivity contribution in [2.45, 2.75) is 17.5 Å². The van der Waals surface area contributed by atoms with E-state index in [1.165, 1.54) is 12.7 Å². The summed E-state index contributed by atoms with van der Waals surface area (Å²) in [5.74, 6) is 0.256. The first-order chi connectivity index (χ1) is 9.22. The van der Waals surface area contributed by atoms with E-state index in [-0.39, 0.29) is 22.7 Å². The Hall–Kier alpha value is -1.49. The van der Waals surface area contributed by atoms with Crippen LogP contribution in [-0.2, 0) is 13.9 Å². The molecule has 0 aromatic carbocycles. The summed E-state index contributed by atoms with van der Waals surface area (Å²) >= 11 is 0. The molecular formula is C9H9N5O3P2. The highest BCUT2D eigenvalue weighted by Gasteiger charge is 2.48. The third kappa shape index (κ3) is 1.75. The van der Waals surface area contributed by atoms with Gasteiger partial charge in [-0.05, 0) is 0 Å². The zero-order chi connectivity index (χ0) is 13.5. The quantitative estimate of drug-likeness (QED) is 0.856. The van der Waals surface area contributed by atoms with Gasteiger partial charge in [0, 0.05) is 6.42 Å². The molecule has 19 heavy (non-hydrogen) atoms. The first-order valence-electron chi connectivity index (χ1n) is 5.45. The average Bonchev–Trinajstić information content (AvgIpc) is 3.02. The van der Waals surface area contributed by atoms with Gasteiger partial charge in [0.1, 0.15) is 11.8 Å². The van der Waals surface area contributed by atoms with E-state index in [2.05, 4.69) is 15.0 Å². The van der Waals surface area contributed by atoms with Crippen LogP contribution in [0.3, 0.4) is 0 Å². The van der Waals surface area contributed by atoms with Crippen LogP contribution in [0.15, 0.2) is 12.7 Å². The lowest BCUT2D eigenvalue weighted by Gasteiger charge is -2.21. The topological polar surface area (TPSA) is 113 Å². The molecule has 0 bridgehead atoms. The van der Waals surface area contributed by atoms with Crippen LogP contribution in [0.25, 0.3) is 11.2 Å². The number of aromatic nitrogens is 4. The number of nitrogens with two attached hydrogens (primary N) is 1. The van der Waals surface area contributed by atoms with Gasteiger partial charge in [-0.15, -0.1) is 0 Å². The zero-order valence-corrected chi connectivity index (χ0v) is 11.4. The highest BCUT2D eigenvalue weighted by atomic mass is 31.1. The third-order valence-electron chi connectivity index (χ3n) is 3.10. The van der Waals surface area contributed by atoms with E-state index in [9.17, 15) is 9.13 Å². The standard InChI is InChI=1S/C9H9N5O3P2/c10-6-5-7(12-3-11-6)14(4-13-5)8-9(18-15,19-16)1-2-17-8/h3-4,8H,1-2H2,(H2,10,11,12). The van der Waals surface area contributed by atoms with Crippen LogP contribution in [-0.4, -0.2) is 31.0 Å². The summed E-state index contributed by atoms with van der Waals surface area (Å²) in [6.07, 6.45) is 2.56. The van der Waals surface area contributed by atoms with Crippen molar-refractivity contribution < 1.29 is 13.9 Å². The van der Waals surface area contributed by atoms with Crippen LogP contribution in [0.1, 0.15) is 12.6 Å². The fraction of sp³-hybridized carbons (Fsp3) is 0.444. The summed E-state index contributed by atoms with van der Waals surface area (Å²) < 4.78 is 29.9. The molecule has 8 nitrogen and oxygen atoms in total. The van der Waals surface area contributed by atoms with Gasteiger partial charge >= 0.3 is 0 Å². The van der Waals surface area contributed by atoms with Crippen molar-refractivity contribution in [2.75, 3.05) is 12.3 Å². The van der Waals surface area contributed by atoms with Gasteiger partial charge in [0.05, 0.1) is 12.9 Å². The number of nitrogens with zero attached hydrogens (tertiary/aromatic N) is 4. The van der Waals surface area contributed by atoms with Crippen LogP contribution < -0.4 is 5.73 Å². The smallest absolute Gasteiger partial charge is 0.179 e. The molecule has 1 aliphatic rings. The molecule has 10 heteroatoms. The molecule has 0 amide bonds. The SMILES string of the molecule is Nc1ncnc2c1ncn2C1OCCC1(P=O)P=O. The third-order valence-corrected chi connectivity index (χ3v) is 5.11. The number of anilines is 1. The van der Waals surface area contributed by atoms with E-state index in [4.69, 9.17) is 10.5 Å². The highest BCUT2D eigenvalue weighted by molar-refractivity contribution is 7.46. The van der Waals surface area contributed by atoms with Crippen LogP contribution in [0.5, 0.6) is 0 Å². The monoisotopic (exact) mass is 297 g/mol. The summed E-state index contributed by atoms with van der Waals surface area (Å²) in [7, 11) is -0.479. The van der Waals surface area contributed by atoms with Crippen molar-refractivity contribution in [3.8, 4) is 0 Å². The fourth-order valence-corrected chi connectivity index (χ4v) is 3.20. The minimum Gasteiger partial charge on any atom is -0.382 e. The summed E-state index contributed by atoms with van der Waals surface area (Å²) in [6, 6.07) is 0. The molecule has 1 fully saturated rings. The van der Waals surface area contributed by atoms with Gasteiger partial charge in [-0.25, -0.2) is 15.0 Å². The second kappa shape index (κ2) is 4.56. The molecule has 0 radical (unpaired) electrons. The maximum atomic E-state index is 11.4. The molecule has 0 aliphatic carbocycles. The minimum absolute atomic E-state index is 0.239. The molecule has 1 unspecified atom stereocenters. The molecule has 2 aromatic heterocycles.